The van der Waals surface area contributed by atoms with E-state index >= 15 is 0 Å². The molecule has 0 saturated carbocycles. The molecule has 0 radical (unpaired) electrons. The Labute approximate surface area is 83.5 Å². The summed E-state index contributed by atoms with van der Waals surface area (Å²) in [7, 11) is 0. The minimum Gasteiger partial charge on any atom is -0.396 e. The highest BCUT2D eigenvalue weighted by atomic mass is 16.2. The Morgan fingerprint density at radius 3 is 2.15 bits per heavy atom. The Balaban J connectivity index is 2.97. The van der Waals surface area contributed by atoms with Gasteiger partial charge in [0.15, 0.2) is 0 Å². The third-order valence-corrected chi connectivity index (χ3v) is 2.64. The van der Waals surface area contributed by atoms with Gasteiger partial charge in [-0.05, 0) is 12.3 Å². The highest BCUT2D eigenvalue weighted by Crippen LogP contribution is 2.15. The second-order valence-electron chi connectivity index (χ2n) is 4.17. The van der Waals surface area contributed by atoms with Gasteiger partial charge < -0.3 is 5.11 Å². The van der Waals surface area contributed by atoms with E-state index in [0.717, 1.165) is 12.3 Å². The van der Waals surface area contributed by atoms with Crippen LogP contribution in [-0.4, -0.2) is 11.7 Å². The van der Waals surface area contributed by atoms with Crippen LogP contribution in [0.5, 0.6) is 0 Å². The van der Waals surface area contributed by atoms with Crippen molar-refractivity contribution in [3.8, 4) is 0 Å². The molecule has 0 aliphatic heterocycles. The second kappa shape index (κ2) is 10.0. The van der Waals surface area contributed by atoms with Crippen LogP contribution in [0.2, 0.25) is 0 Å². The van der Waals surface area contributed by atoms with Gasteiger partial charge in [0.05, 0.1) is 0 Å². The van der Waals surface area contributed by atoms with Crippen molar-refractivity contribution in [2.24, 2.45) is 5.92 Å². The van der Waals surface area contributed by atoms with Gasteiger partial charge in [0, 0.05) is 6.61 Å². The van der Waals surface area contributed by atoms with Gasteiger partial charge in [-0.1, -0.05) is 58.8 Å². The maximum atomic E-state index is 8.58. The molecule has 1 unspecified atom stereocenters. The summed E-state index contributed by atoms with van der Waals surface area (Å²) >= 11 is 0. The molecule has 0 aromatic carbocycles. The average Bonchev–Trinajstić information content (AvgIpc) is 2.11. The maximum Gasteiger partial charge on any atom is 0.0431 e. The standard InChI is InChI=1S/C12H26O/c1-3-9-12(2)10-7-5-4-6-8-11-13/h12-13H,3-11H2,1-2H3. The molecule has 0 aromatic rings. The normalized spacial score (nSPS) is 13.2. The molecule has 0 aliphatic rings. The molecule has 0 fully saturated rings. The molecule has 0 amide bonds. The van der Waals surface area contributed by atoms with Crippen molar-refractivity contribution in [3.63, 3.8) is 0 Å². The molecule has 80 valence electrons. The van der Waals surface area contributed by atoms with Crippen molar-refractivity contribution in [3.05, 3.63) is 0 Å². The molecule has 0 saturated heterocycles. The van der Waals surface area contributed by atoms with Gasteiger partial charge >= 0.3 is 0 Å². The van der Waals surface area contributed by atoms with E-state index in [1.165, 1.54) is 44.9 Å². The topological polar surface area (TPSA) is 20.2 Å². The van der Waals surface area contributed by atoms with Gasteiger partial charge in [0.25, 0.3) is 0 Å². The number of aliphatic hydroxyl groups is 1. The first-order valence-corrected chi connectivity index (χ1v) is 5.92. The van der Waals surface area contributed by atoms with Crippen LogP contribution >= 0.6 is 0 Å². The summed E-state index contributed by atoms with van der Waals surface area (Å²) in [5.74, 6) is 0.919. The minimum absolute atomic E-state index is 0.367. The third kappa shape index (κ3) is 9.88. The van der Waals surface area contributed by atoms with E-state index in [1.807, 2.05) is 0 Å². The summed E-state index contributed by atoms with van der Waals surface area (Å²) in [6, 6.07) is 0. The lowest BCUT2D eigenvalue weighted by Crippen LogP contribution is -1.93. The highest BCUT2D eigenvalue weighted by Gasteiger charge is 1.99. The monoisotopic (exact) mass is 186 g/mol. The number of hydrogen-bond acceptors (Lipinski definition) is 1. The van der Waals surface area contributed by atoms with Gasteiger partial charge in [-0.25, -0.2) is 0 Å². The van der Waals surface area contributed by atoms with Crippen LogP contribution in [0.15, 0.2) is 0 Å². The largest absolute Gasteiger partial charge is 0.396 e. The Hall–Kier alpha value is -0.0400. The smallest absolute Gasteiger partial charge is 0.0431 e. The molecule has 0 bridgehead atoms. The molecule has 1 N–H and O–H groups in total. The Morgan fingerprint density at radius 2 is 1.54 bits per heavy atom. The van der Waals surface area contributed by atoms with Gasteiger partial charge in [-0.3, -0.25) is 0 Å². The molecular weight excluding hydrogens is 160 g/mol. The number of hydrogen-bond donors (Lipinski definition) is 1. The minimum atomic E-state index is 0.367. The first-order valence-electron chi connectivity index (χ1n) is 5.92. The molecule has 0 rings (SSSR count). The zero-order valence-electron chi connectivity index (χ0n) is 9.39. The summed E-state index contributed by atoms with van der Waals surface area (Å²) in [5, 5.41) is 8.58. The van der Waals surface area contributed by atoms with Crippen molar-refractivity contribution in [1.29, 1.82) is 0 Å². The Kier molecular flexibility index (Phi) is 10.0. The van der Waals surface area contributed by atoms with E-state index in [1.54, 1.807) is 0 Å². The molecule has 1 nitrogen and oxygen atoms in total. The van der Waals surface area contributed by atoms with Crippen molar-refractivity contribution >= 4 is 0 Å². The summed E-state index contributed by atoms with van der Waals surface area (Å²) in [4.78, 5) is 0. The van der Waals surface area contributed by atoms with Gasteiger partial charge in [0.2, 0.25) is 0 Å². The maximum absolute atomic E-state index is 8.58. The first kappa shape index (κ1) is 13.0. The molecule has 0 aliphatic carbocycles. The number of rotatable bonds is 9. The van der Waals surface area contributed by atoms with E-state index in [-0.39, 0.29) is 0 Å². The van der Waals surface area contributed by atoms with E-state index in [2.05, 4.69) is 13.8 Å². The molecular formula is C12H26O. The van der Waals surface area contributed by atoms with E-state index in [4.69, 9.17) is 5.11 Å². The van der Waals surface area contributed by atoms with Crippen LogP contribution < -0.4 is 0 Å². The van der Waals surface area contributed by atoms with Crippen LogP contribution in [0.3, 0.4) is 0 Å². The molecule has 1 atom stereocenters. The van der Waals surface area contributed by atoms with Crippen LogP contribution in [0.25, 0.3) is 0 Å². The molecule has 13 heavy (non-hydrogen) atoms. The van der Waals surface area contributed by atoms with Crippen LogP contribution in [0.4, 0.5) is 0 Å². The Morgan fingerprint density at radius 1 is 0.923 bits per heavy atom. The first-order chi connectivity index (χ1) is 6.31. The Bertz CT molecular complexity index is 91.1. The van der Waals surface area contributed by atoms with Crippen LogP contribution in [0.1, 0.15) is 65.2 Å². The fourth-order valence-corrected chi connectivity index (χ4v) is 1.77. The zero-order valence-corrected chi connectivity index (χ0v) is 9.39. The van der Waals surface area contributed by atoms with Crippen LogP contribution in [0, 0.1) is 5.92 Å². The molecule has 0 aromatic heterocycles. The average molecular weight is 186 g/mol. The SMILES string of the molecule is CCCC(C)CCCCCCCO. The van der Waals surface area contributed by atoms with Crippen molar-refractivity contribution in [2.75, 3.05) is 6.61 Å². The molecule has 0 spiro atoms. The van der Waals surface area contributed by atoms with Crippen LogP contribution in [-0.2, 0) is 0 Å². The zero-order chi connectivity index (χ0) is 9.94. The second-order valence-corrected chi connectivity index (χ2v) is 4.17. The fraction of sp³-hybridized carbons (Fsp3) is 1.00. The van der Waals surface area contributed by atoms with Gasteiger partial charge in [-0.15, -0.1) is 0 Å². The van der Waals surface area contributed by atoms with Crippen molar-refractivity contribution in [2.45, 2.75) is 65.2 Å². The third-order valence-electron chi connectivity index (χ3n) is 2.64. The summed E-state index contributed by atoms with van der Waals surface area (Å²) in [5.41, 5.74) is 0. The number of aliphatic hydroxyl groups excluding tert-OH is 1. The van der Waals surface area contributed by atoms with E-state index < -0.39 is 0 Å². The predicted octanol–water partition coefficient (Wildman–Crippen LogP) is 3.76. The van der Waals surface area contributed by atoms with Gasteiger partial charge in [-0.2, -0.15) is 0 Å². The lowest BCUT2D eigenvalue weighted by molar-refractivity contribution is 0.282. The predicted molar refractivity (Wildman–Crippen MR) is 58.9 cm³/mol. The molecule has 1 heteroatoms. The van der Waals surface area contributed by atoms with Gasteiger partial charge in [0.1, 0.15) is 0 Å². The van der Waals surface area contributed by atoms with E-state index in [0.29, 0.717) is 6.61 Å². The summed E-state index contributed by atoms with van der Waals surface area (Å²) < 4.78 is 0. The fourth-order valence-electron chi connectivity index (χ4n) is 1.77. The van der Waals surface area contributed by atoms with E-state index in [9.17, 15) is 0 Å². The quantitative estimate of drug-likeness (QED) is 0.544. The lowest BCUT2D eigenvalue weighted by Gasteiger charge is -2.08. The summed E-state index contributed by atoms with van der Waals surface area (Å²) in [6.45, 7) is 4.99. The highest BCUT2D eigenvalue weighted by molar-refractivity contribution is 4.53. The number of unbranched alkanes of at least 4 members (excludes halogenated alkanes) is 4. The lowest BCUT2D eigenvalue weighted by atomic mass is 9.98. The summed E-state index contributed by atoms with van der Waals surface area (Å²) in [6.07, 6.45) is 10.3. The van der Waals surface area contributed by atoms with Crippen molar-refractivity contribution < 1.29 is 5.11 Å². The van der Waals surface area contributed by atoms with Crippen molar-refractivity contribution in [1.82, 2.24) is 0 Å². The molecule has 0 heterocycles.